The first kappa shape index (κ1) is 16.3. The number of hydrogen-bond donors (Lipinski definition) is 1. The largest absolute Gasteiger partial charge is 0.381 e. The van der Waals surface area contributed by atoms with Crippen LogP contribution in [0.4, 0.5) is 0 Å². The molecule has 1 unspecified atom stereocenters. The molecule has 24 heavy (non-hydrogen) atoms. The highest BCUT2D eigenvalue weighted by Gasteiger charge is 2.40. The number of carbonyl (C=O) groups is 1. The minimum atomic E-state index is 0.132. The number of thiophene rings is 1. The molecule has 0 saturated carbocycles. The first-order valence-electron chi connectivity index (χ1n) is 9.11. The Hall–Kier alpha value is -1.17. The third-order valence-electron chi connectivity index (χ3n) is 5.71. The lowest BCUT2D eigenvalue weighted by molar-refractivity contribution is -0.119. The molecule has 2 aliphatic heterocycles. The second-order valence-corrected chi connectivity index (χ2v) is 8.28. The zero-order chi connectivity index (χ0) is 16.4. The van der Waals surface area contributed by atoms with Gasteiger partial charge >= 0.3 is 0 Å². The van der Waals surface area contributed by atoms with Crippen molar-refractivity contribution in [2.24, 2.45) is 5.41 Å². The summed E-state index contributed by atoms with van der Waals surface area (Å²) in [5.74, 6) is 0.132. The van der Waals surface area contributed by atoms with Crippen LogP contribution in [-0.4, -0.2) is 43.7 Å². The number of carbonyl (C=O) groups excluding carboxylic acids is 1. The highest BCUT2D eigenvalue weighted by atomic mass is 32.1. The molecule has 1 spiro atoms. The predicted molar refractivity (Wildman–Crippen MR) is 96.1 cm³/mol. The van der Waals surface area contributed by atoms with Gasteiger partial charge in [0.1, 0.15) is 0 Å². The van der Waals surface area contributed by atoms with Gasteiger partial charge in [-0.25, -0.2) is 0 Å². The Morgan fingerprint density at radius 3 is 2.75 bits per heavy atom. The summed E-state index contributed by atoms with van der Waals surface area (Å²) in [4.78, 5) is 16.4. The molecular formula is C19H26N2O2S. The first-order valence-corrected chi connectivity index (χ1v) is 9.99. The van der Waals surface area contributed by atoms with Crippen molar-refractivity contribution in [3.63, 3.8) is 0 Å². The van der Waals surface area contributed by atoms with Gasteiger partial charge in [0.25, 0.3) is 0 Å². The van der Waals surface area contributed by atoms with E-state index < -0.39 is 0 Å². The van der Waals surface area contributed by atoms with Crippen LogP contribution >= 0.6 is 11.3 Å². The van der Waals surface area contributed by atoms with Gasteiger partial charge < -0.3 is 10.1 Å². The van der Waals surface area contributed by atoms with Gasteiger partial charge in [0, 0.05) is 30.2 Å². The fourth-order valence-electron chi connectivity index (χ4n) is 4.21. The maximum Gasteiger partial charge on any atom is 0.246 e. The van der Waals surface area contributed by atoms with Crippen LogP contribution in [0.1, 0.15) is 43.0 Å². The van der Waals surface area contributed by atoms with E-state index in [1.54, 1.807) is 11.3 Å². The fourth-order valence-corrected chi connectivity index (χ4v) is 5.07. The van der Waals surface area contributed by atoms with Gasteiger partial charge in [0.15, 0.2) is 0 Å². The van der Waals surface area contributed by atoms with Gasteiger partial charge in [-0.3, -0.25) is 9.69 Å². The Labute approximate surface area is 147 Å². The summed E-state index contributed by atoms with van der Waals surface area (Å²) in [5, 5.41) is 5.33. The Balaban J connectivity index is 1.36. The average molecular weight is 346 g/mol. The summed E-state index contributed by atoms with van der Waals surface area (Å²) < 4.78 is 5.44. The molecule has 1 atom stereocenters. The van der Waals surface area contributed by atoms with Gasteiger partial charge in [-0.05, 0) is 62.1 Å². The van der Waals surface area contributed by atoms with Crippen molar-refractivity contribution < 1.29 is 9.53 Å². The third kappa shape index (κ3) is 3.30. The van der Waals surface area contributed by atoms with E-state index in [1.807, 2.05) is 0 Å². The standard InChI is InChI=1S/C19H26N2O2S/c22-18(15-12-19(13-15)5-9-23-10-6-19)20-14-16(17-4-3-11-24-17)21-7-1-2-8-21/h3-4,11-12,16H,1-2,5-10,13-14H2,(H,20,22). The molecule has 1 aromatic rings. The quantitative estimate of drug-likeness (QED) is 0.891. The van der Waals surface area contributed by atoms with Crippen molar-refractivity contribution in [3.05, 3.63) is 34.0 Å². The molecule has 4 rings (SSSR count). The SMILES string of the molecule is O=C(NCC(c1cccs1)N1CCCC1)C1=CC2(CCOCC2)C1. The van der Waals surface area contributed by atoms with E-state index >= 15 is 0 Å². The number of likely N-dealkylation sites (tertiary alicyclic amines) is 1. The van der Waals surface area contributed by atoms with Crippen LogP contribution in [0.2, 0.25) is 0 Å². The van der Waals surface area contributed by atoms with Crippen LogP contribution in [0.15, 0.2) is 29.2 Å². The lowest BCUT2D eigenvalue weighted by Crippen LogP contribution is -2.42. The summed E-state index contributed by atoms with van der Waals surface area (Å²) >= 11 is 1.79. The third-order valence-corrected chi connectivity index (χ3v) is 6.69. The van der Waals surface area contributed by atoms with E-state index in [2.05, 4.69) is 33.8 Å². The Morgan fingerprint density at radius 1 is 1.33 bits per heavy atom. The number of nitrogens with zero attached hydrogens (tertiary/aromatic N) is 1. The molecule has 3 aliphatic rings. The van der Waals surface area contributed by atoms with Crippen LogP contribution in [0.5, 0.6) is 0 Å². The molecule has 2 fully saturated rings. The summed E-state index contributed by atoms with van der Waals surface area (Å²) in [6.45, 7) is 4.67. The molecule has 5 heteroatoms. The van der Waals surface area contributed by atoms with Crippen LogP contribution in [0.25, 0.3) is 0 Å². The van der Waals surface area contributed by atoms with Crippen molar-refractivity contribution in [3.8, 4) is 0 Å². The number of allylic oxidation sites excluding steroid dienone is 1. The zero-order valence-electron chi connectivity index (χ0n) is 14.1. The summed E-state index contributed by atoms with van der Waals surface area (Å²) in [7, 11) is 0. The zero-order valence-corrected chi connectivity index (χ0v) is 14.9. The molecule has 0 aromatic carbocycles. The molecule has 1 amide bonds. The number of amides is 1. The van der Waals surface area contributed by atoms with Crippen molar-refractivity contribution in [1.82, 2.24) is 10.2 Å². The maximum absolute atomic E-state index is 12.5. The van der Waals surface area contributed by atoms with E-state index in [-0.39, 0.29) is 11.3 Å². The fraction of sp³-hybridized carbons (Fsp3) is 0.632. The summed E-state index contributed by atoms with van der Waals surface area (Å²) in [5.41, 5.74) is 1.23. The van der Waals surface area contributed by atoms with Gasteiger partial charge in [-0.2, -0.15) is 0 Å². The molecular weight excluding hydrogens is 320 g/mol. The van der Waals surface area contributed by atoms with Crippen molar-refractivity contribution >= 4 is 17.2 Å². The van der Waals surface area contributed by atoms with E-state index in [1.165, 1.54) is 17.7 Å². The van der Waals surface area contributed by atoms with Crippen LogP contribution in [0, 0.1) is 5.41 Å². The second-order valence-electron chi connectivity index (χ2n) is 7.31. The number of ether oxygens (including phenoxy) is 1. The molecule has 1 aliphatic carbocycles. The maximum atomic E-state index is 12.5. The van der Waals surface area contributed by atoms with E-state index in [0.29, 0.717) is 12.6 Å². The molecule has 3 heterocycles. The monoisotopic (exact) mass is 346 g/mol. The molecule has 4 nitrogen and oxygen atoms in total. The predicted octanol–water partition coefficient (Wildman–Crippen LogP) is 3.13. The Morgan fingerprint density at radius 2 is 2.08 bits per heavy atom. The summed E-state index contributed by atoms with van der Waals surface area (Å²) in [6.07, 6.45) is 7.80. The van der Waals surface area contributed by atoms with Crippen molar-refractivity contribution in [2.45, 2.75) is 38.1 Å². The topological polar surface area (TPSA) is 41.6 Å². The van der Waals surface area contributed by atoms with E-state index in [9.17, 15) is 4.79 Å². The molecule has 0 radical (unpaired) electrons. The Bertz CT molecular complexity index is 599. The molecule has 1 aromatic heterocycles. The van der Waals surface area contributed by atoms with Gasteiger partial charge in [0.05, 0.1) is 6.04 Å². The lowest BCUT2D eigenvalue weighted by Gasteiger charge is -2.42. The molecule has 1 N–H and O–H groups in total. The molecule has 130 valence electrons. The first-order chi connectivity index (χ1) is 11.8. The summed E-state index contributed by atoms with van der Waals surface area (Å²) in [6, 6.07) is 4.63. The second kappa shape index (κ2) is 6.98. The highest BCUT2D eigenvalue weighted by Crippen LogP contribution is 2.46. The number of hydrogen-bond acceptors (Lipinski definition) is 4. The normalized spacial score (nSPS) is 24.4. The number of rotatable bonds is 5. The molecule has 2 saturated heterocycles. The smallest absolute Gasteiger partial charge is 0.246 e. The van der Waals surface area contributed by atoms with Crippen LogP contribution in [0.3, 0.4) is 0 Å². The van der Waals surface area contributed by atoms with Crippen LogP contribution < -0.4 is 5.32 Å². The van der Waals surface area contributed by atoms with Crippen LogP contribution in [-0.2, 0) is 9.53 Å². The van der Waals surface area contributed by atoms with E-state index in [0.717, 1.165) is 51.1 Å². The van der Waals surface area contributed by atoms with E-state index in [4.69, 9.17) is 4.74 Å². The lowest BCUT2D eigenvalue weighted by atomic mass is 9.66. The average Bonchev–Trinajstić information content (AvgIpc) is 3.27. The van der Waals surface area contributed by atoms with Crippen molar-refractivity contribution in [1.29, 1.82) is 0 Å². The van der Waals surface area contributed by atoms with Crippen molar-refractivity contribution in [2.75, 3.05) is 32.8 Å². The highest BCUT2D eigenvalue weighted by molar-refractivity contribution is 7.10. The van der Waals surface area contributed by atoms with Gasteiger partial charge in [0.2, 0.25) is 5.91 Å². The molecule has 0 bridgehead atoms. The minimum absolute atomic E-state index is 0.132. The van der Waals surface area contributed by atoms with Gasteiger partial charge in [-0.15, -0.1) is 11.3 Å². The number of nitrogens with one attached hydrogen (secondary N) is 1. The minimum Gasteiger partial charge on any atom is -0.381 e. The van der Waals surface area contributed by atoms with Gasteiger partial charge in [-0.1, -0.05) is 12.1 Å². The Kier molecular flexibility index (Phi) is 4.74.